The minimum atomic E-state index is -4.77. The SMILES string of the molecule is C[C@@H]1CC(F)(F)CN(C(=O)c2nn(C)cc2-c2ncc(F)cn2)[C@@H]1CCc1ncc(C(F)(F)F)cc1F. The molecule has 1 aliphatic rings. The molecule has 7 nitrogen and oxygen atoms in total. The van der Waals surface area contributed by atoms with Crippen LogP contribution in [0.15, 0.2) is 30.9 Å². The van der Waals surface area contributed by atoms with Crippen molar-refractivity contribution >= 4 is 5.91 Å². The lowest BCUT2D eigenvalue weighted by atomic mass is 9.85. The largest absolute Gasteiger partial charge is 0.417 e. The van der Waals surface area contributed by atoms with Crippen molar-refractivity contribution in [3.8, 4) is 11.4 Å². The monoisotopic (exact) mass is 530 g/mol. The summed E-state index contributed by atoms with van der Waals surface area (Å²) in [4.78, 5) is 25.7. The third-order valence-electron chi connectivity index (χ3n) is 6.15. The van der Waals surface area contributed by atoms with E-state index in [0.29, 0.717) is 12.3 Å². The molecule has 0 N–H and O–H groups in total. The van der Waals surface area contributed by atoms with Gasteiger partial charge < -0.3 is 4.90 Å². The minimum absolute atomic E-state index is 0.0342. The Labute approximate surface area is 206 Å². The summed E-state index contributed by atoms with van der Waals surface area (Å²) in [6.07, 6.45) is -1.87. The molecule has 37 heavy (non-hydrogen) atoms. The van der Waals surface area contributed by atoms with Gasteiger partial charge in [0.2, 0.25) is 0 Å². The zero-order valence-corrected chi connectivity index (χ0v) is 19.6. The van der Waals surface area contributed by atoms with E-state index < -0.39 is 60.1 Å². The first-order valence-corrected chi connectivity index (χ1v) is 11.2. The van der Waals surface area contributed by atoms with Gasteiger partial charge in [0.25, 0.3) is 11.8 Å². The summed E-state index contributed by atoms with van der Waals surface area (Å²) in [5.41, 5.74) is -1.66. The lowest BCUT2D eigenvalue weighted by Crippen LogP contribution is -2.55. The zero-order valence-electron chi connectivity index (χ0n) is 19.6. The van der Waals surface area contributed by atoms with Crippen LogP contribution in [0.2, 0.25) is 0 Å². The number of aromatic nitrogens is 5. The number of carbonyl (C=O) groups excluding carboxylic acids is 1. The molecule has 3 aromatic rings. The number of rotatable bonds is 5. The van der Waals surface area contributed by atoms with E-state index in [2.05, 4.69) is 20.1 Å². The van der Waals surface area contributed by atoms with Gasteiger partial charge in [-0.15, -0.1) is 0 Å². The van der Waals surface area contributed by atoms with Crippen LogP contribution in [0.4, 0.5) is 30.7 Å². The van der Waals surface area contributed by atoms with Gasteiger partial charge in [0.1, 0.15) is 5.82 Å². The molecule has 0 spiro atoms. The molecule has 0 aliphatic carbocycles. The second-order valence-corrected chi connectivity index (χ2v) is 9.02. The number of halogens is 7. The molecule has 0 radical (unpaired) electrons. The molecule has 0 aromatic carbocycles. The lowest BCUT2D eigenvalue weighted by Gasteiger charge is -2.43. The van der Waals surface area contributed by atoms with Crippen molar-refractivity contribution in [3.63, 3.8) is 0 Å². The number of hydrogen-bond acceptors (Lipinski definition) is 5. The highest BCUT2D eigenvalue weighted by Gasteiger charge is 2.47. The average Bonchev–Trinajstić information content (AvgIpc) is 3.19. The molecule has 14 heteroatoms. The van der Waals surface area contributed by atoms with Gasteiger partial charge in [0, 0.05) is 31.9 Å². The highest BCUT2D eigenvalue weighted by Crippen LogP contribution is 2.38. The summed E-state index contributed by atoms with van der Waals surface area (Å²) in [6, 6.07) is -0.494. The van der Waals surface area contributed by atoms with Gasteiger partial charge in [0.15, 0.2) is 17.3 Å². The third-order valence-corrected chi connectivity index (χ3v) is 6.15. The quantitative estimate of drug-likeness (QED) is 0.448. The summed E-state index contributed by atoms with van der Waals surface area (Å²) in [5, 5.41) is 4.08. The minimum Gasteiger partial charge on any atom is -0.328 e. The fourth-order valence-electron chi connectivity index (χ4n) is 4.50. The number of aryl methyl sites for hydroxylation is 2. The molecule has 1 amide bonds. The van der Waals surface area contributed by atoms with Crippen LogP contribution in [0.1, 0.15) is 41.5 Å². The van der Waals surface area contributed by atoms with Crippen LogP contribution in [0.25, 0.3) is 11.4 Å². The molecule has 4 rings (SSSR count). The van der Waals surface area contributed by atoms with Gasteiger partial charge in [-0.2, -0.15) is 18.3 Å². The average molecular weight is 530 g/mol. The van der Waals surface area contributed by atoms with E-state index in [4.69, 9.17) is 0 Å². The number of nitrogens with zero attached hydrogens (tertiary/aromatic N) is 6. The molecular weight excluding hydrogens is 509 g/mol. The fourth-order valence-corrected chi connectivity index (χ4v) is 4.50. The van der Waals surface area contributed by atoms with Gasteiger partial charge in [-0.05, 0) is 24.8 Å². The van der Waals surface area contributed by atoms with Crippen LogP contribution in [0.3, 0.4) is 0 Å². The summed E-state index contributed by atoms with van der Waals surface area (Å²) < 4.78 is 96.4. The molecule has 2 atom stereocenters. The Morgan fingerprint density at radius 1 is 1.14 bits per heavy atom. The van der Waals surface area contributed by atoms with Crippen LogP contribution >= 0.6 is 0 Å². The maximum absolute atomic E-state index is 14.5. The van der Waals surface area contributed by atoms with Gasteiger partial charge in [-0.25, -0.2) is 27.5 Å². The Morgan fingerprint density at radius 3 is 2.43 bits per heavy atom. The van der Waals surface area contributed by atoms with Crippen molar-refractivity contribution in [1.82, 2.24) is 29.6 Å². The van der Waals surface area contributed by atoms with Crippen molar-refractivity contribution in [2.45, 2.75) is 44.3 Å². The van der Waals surface area contributed by atoms with Crippen LogP contribution in [-0.2, 0) is 19.6 Å². The summed E-state index contributed by atoms with van der Waals surface area (Å²) in [6.45, 7) is 0.570. The van der Waals surface area contributed by atoms with Crippen molar-refractivity contribution in [2.24, 2.45) is 13.0 Å². The van der Waals surface area contributed by atoms with E-state index in [1.807, 2.05) is 0 Å². The Morgan fingerprint density at radius 2 is 1.81 bits per heavy atom. The smallest absolute Gasteiger partial charge is 0.328 e. The molecular formula is C23H21F7N6O. The van der Waals surface area contributed by atoms with E-state index >= 15 is 0 Å². The first-order chi connectivity index (χ1) is 17.2. The van der Waals surface area contributed by atoms with Crippen molar-refractivity contribution in [1.29, 1.82) is 0 Å². The molecule has 4 heterocycles. The fraction of sp³-hybridized carbons (Fsp3) is 0.435. The number of piperidine rings is 1. The number of pyridine rings is 1. The maximum atomic E-state index is 14.5. The summed E-state index contributed by atoms with van der Waals surface area (Å²) in [7, 11) is 1.49. The lowest BCUT2D eigenvalue weighted by molar-refractivity contribution is -0.138. The van der Waals surface area contributed by atoms with Gasteiger partial charge >= 0.3 is 6.18 Å². The van der Waals surface area contributed by atoms with Crippen LogP contribution in [0.5, 0.6) is 0 Å². The first kappa shape index (κ1) is 26.5. The highest BCUT2D eigenvalue weighted by molar-refractivity contribution is 5.98. The molecule has 3 aromatic heterocycles. The normalized spacial score (nSPS) is 19.8. The summed E-state index contributed by atoms with van der Waals surface area (Å²) >= 11 is 0. The molecule has 1 aliphatic heterocycles. The van der Waals surface area contributed by atoms with Crippen molar-refractivity contribution in [2.75, 3.05) is 6.54 Å². The van der Waals surface area contributed by atoms with E-state index in [-0.39, 0.29) is 35.6 Å². The number of carbonyl (C=O) groups is 1. The van der Waals surface area contributed by atoms with E-state index in [1.165, 1.54) is 24.9 Å². The second kappa shape index (κ2) is 9.71. The van der Waals surface area contributed by atoms with E-state index in [1.54, 1.807) is 0 Å². The number of likely N-dealkylation sites (tertiary alicyclic amines) is 1. The topological polar surface area (TPSA) is 76.8 Å². The van der Waals surface area contributed by atoms with E-state index in [9.17, 15) is 35.5 Å². The van der Waals surface area contributed by atoms with Crippen LogP contribution in [0, 0.1) is 17.6 Å². The number of alkyl halides is 5. The Hall–Kier alpha value is -3.58. The molecule has 1 saturated heterocycles. The standard InChI is InChI=1S/C23H21F7N6O/c1-12-6-22(26,27)11-36(18(12)4-3-17-16(25)5-13(7-31-17)23(28,29)30)21(37)19-15(10-35(2)34-19)20-32-8-14(24)9-33-20/h5,7-10,12,18H,3-4,6,11H2,1-2H3/t12-,18-/m1/s1. The summed E-state index contributed by atoms with van der Waals surface area (Å²) in [5.74, 6) is -6.75. The zero-order chi connectivity index (χ0) is 27.1. The van der Waals surface area contributed by atoms with Gasteiger partial charge in [-0.3, -0.25) is 14.5 Å². The van der Waals surface area contributed by atoms with Gasteiger partial charge in [-0.1, -0.05) is 6.92 Å². The Balaban J connectivity index is 1.63. The van der Waals surface area contributed by atoms with Crippen molar-refractivity contribution < 1.29 is 35.5 Å². The molecule has 198 valence electrons. The molecule has 0 bridgehead atoms. The van der Waals surface area contributed by atoms with E-state index in [0.717, 1.165) is 17.3 Å². The number of hydrogen-bond donors (Lipinski definition) is 0. The Bertz CT molecular complexity index is 1290. The van der Waals surface area contributed by atoms with Gasteiger partial charge in [0.05, 0.1) is 35.8 Å². The highest BCUT2D eigenvalue weighted by atomic mass is 19.4. The van der Waals surface area contributed by atoms with Crippen molar-refractivity contribution in [3.05, 3.63) is 59.4 Å². The van der Waals surface area contributed by atoms with Crippen LogP contribution < -0.4 is 0 Å². The third kappa shape index (κ3) is 5.72. The first-order valence-electron chi connectivity index (χ1n) is 11.2. The predicted molar refractivity (Wildman–Crippen MR) is 115 cm³/mol. The molecule has 0 saturated carbocycles. The second-order valence-electron chi connectivity index (χ2n) is 9.02. The maximum Gasteiger partial charge on any atom is 0.417 e. The molecule has 1 fully saturated rings. The van der Waals surface area contributed by atoms with Crippen LogP contribution in [-0.4, -0.2) is 54.0 Å². The number of amides is 1. The Kier molecular flexibility index (Phi) is 6.95. The molecule has 0 unspecified atom stereocenters. The predicted octanol–water partition coefficient (Wildman–Crippen LogP) is 4.69.